The normalized spacial score (nSPS) is 17.6. The van der Waals surface area contributed by atoms with Crippen molar-refractivity contribution in [2.75, 3.05) is 19.6 Å². The van der Waals surface area contributed by atoms with Gasteiger partial charge in [-0.25, -0.2) is 0 Å². The summed E-state index contributed by atoms with van der Waals surface area (Å²) < 4.78 is 0. The van der Waals surface area contributed by atoms with E-state index in [4.69, 9.17) is 22.6 Å². The topological polar surface area (TPSA) is 53.1 Å². The Morgan fingerprint density at radius 2 is 2.25 bits per heavy atom. The van der Waals surface area contributed by atoms with Crippen LogP contribution in [-0.2, 0) is 0 Å². The maximum Gasteiger partial charge on any atom is 0.101 e. The fourth-order valence-corrected chi connectivity index (χ4v) is 2.03. The summed E-state index contributed by atoms with van der Waals surface area (Å²) in [5.41, 5.74) is 7.58. The molecule has 0 radical (unpaired) electrons. The Morgan fingerprint density at radius 1 is 1.50 bits per heavy atom. The molecule has 0 saturated carbocycles. The number of nitriles is 1. The first kappa shape index (κ1) is 11.4. The molecular weight excluding hydrogens is 222 g/mol. The average Bonchev–Trinajstić information content (AvgIpc) is 2.23. The fourth-order valence-electron chi connectivity index (χ4n) is 1.80. The largest absolute Gasteiger partial charge is 0.323 e. The van der Waals surface area contributed by atoms with Crippen LogP contribution in [0.5, 0.6) is 0 Å². The lowest BCUT2D eigenvalue weighted by Crippen LogP contribution is -2.41. The van der Waals surface area contributed by atoms with Gasteiger partial charge >= 0.3 is 0 Å². The zero-order chi connectivity index (χ0) is 11.5. The van der Waals surface area contributed by atoms with Crippen molar-refractivity contribution in [3.63, 3.8) is 0 Å². The maximum atomic E-state index is 8.77. The molecule has 0 bridgehead atoms. The lowest BCUT2D eigenvalue weighted by Gasteiger charge is -2.33. The van der Waals surface area contributed by atoms with Gasteiger partial charge in [-0.2, -0.15) is 5.26 Å². The highest BCUT2D eigenvalue weighted by Gasteiger charge is 2.18. The molecule has 1 aliphatic heterocycles. The van der Waals surface area contributed by atoms with Gasteiger partial charge in [-0.1, -0.05) is 17.7 Å². The van der Waals surface area contributed by atoms with Crippen molar-refractivity contribution in [3.05, 3.63) is 34.3 Å². The number of halogens is 1. The molecule has 3 nitrogen and oxygen atoms in total. The van der Waals surface area contributed by atoms with Gasteiger partial charge < -0.3 is 10.6 Å². The van der Waals surface area contributed by atoms with Crippen molar-refractivity contribution in [1.29, 1.82) is 5.26 Å². The van der Waals surface area contributed by atoms with E-state index in [0.29, 0.717) is 10.6 Å². The Hall–Kier alpha value is -1.08. The standard InChI is InChI=1S/C12H14ClN3/c13-11-6-9(2-3-10(11)7-14)12(15)8-16-4-1-5-16/h2-3,6,12H,1,4-5,8,15H2. The first-order valence-electron chi connectivity index (χ1n) is 5.38. The van der Waals surface area contributed by atoms with E-state index in [-0.39, 0.29) is 6.04 Å². The van der Waals surface area contributed by atoms with Crippen LogP contribution < -0.4 is 5.73 Å². The van der Waals surface area contributed by atoms with Gasteiger partial charge in [0.1, 0.15) is 6.07 Å². The van der Waals surface area contributed by atoms with Crippen molar-refractivity contribution in [2.24, 2.45) is 5.73 Å². The molecule has 2 N–H and O–H groups in total. The number of hydrogen-bond acceptors (Lipinski definition) is 3. The highest BCUT2D eigenvalue weighted by molar-refractivity contribution is 6.31. The average molecular weight is 236 g/mol. The molecule has 4 heteroatoms. The van der Waals surface area contributed by atoms with Crippen molar-refractivity contribution in [1.82, 2.24) is 4.90 Å². The summed E-state index contributed by atoms with van der Waals surface area (Å²) in [6, 6.07) is 7.43. The highest BCUT2D eigenvalue weighted by Crippen LogP contribution is 2.22. The Labute approximate surface area is 100 Å². The van der Waals surface area contributed by atoms with Crippen molar-refractivity contribution >= 4 is 11.6 Å². The van der Waals surface area contributed by atoms with E-state index in [2.05, 4.69) is 4.90 Å². The predicted molar refractivity (Wildman–Crippen MR) is 64.2 cm³/mol. The summed E-state index contributed by atoms with van der Waals surface area (Å²) in [5.74, 6) is 0. The number of benzene rings is 1. The van der Waals surface area contributed by atoms with Gasteiger partial charge in [-0.3, -0.25) is 0 Å². The number of hydrogen-bond donors (Lipinski definition) is 1. The van der Waals surface area contributed by atoms with Crippen LogP contribution in [-0.4, -0.2) is 24.5 Å². The maximum absolute atomic E-state index is 8.77. The fraction of sp³-hybridized carbons (Fsp3) is 0.417. The first-order valence-corrected chi connectivity index (χ1v) is 5.76. The van der Waals surface area contributed by atoms with E-state index >= 15 is 0 Å². The van der Waals surface area contributed by atoms with Crippen LogP contribution in [0.4, 0.5) is 0 Å². The first-order chi connectivity index (χ1) is 7.70. The number of nitrogens with two attached hydrogens (primary N) is 1. The van der Waals surface area contributed by atoms with Gasteiger partial charge in [-0.15, -0.1) is 0 Å². The van der Waals surface area contributed by atoms with Gasteiger partial charge in [0, 0.05) is 12.6 Å². The molecule has 1 heterocycles. The summed E-state index contributed by atoms with van der Waals surface area (Å²) in [6.07, 6.45) is 1.26. The van der Waals surface area contributed by atoms with Gasteiger partial charge in [0.2, 0.25) is 0 Å². The third kappa shape index (κ3) is 2.35. The Kier molecular flexibility index (Phi) is 3.45. The molecule has 1 aromatic carbocycles. The van der Waals surface area contributed by atoms with Crippen LogP contribution in [0.1, 0.15) is 23.6 Å². The van der Waals surface area contributed by atoms with Crippen molar-refractivity contribution in [3.8, 4) is 6.07 Å². The van der Waals surface area contributed by atoms with E-state index in [1.807, 2.05) is 12.1 Å². The van der Waals surface area contributed by atoms with Crippen LogP contribution in [0.2, 0.25) is 5.02 Å². The number of rotatable bonds is 3. The molecule has 1 saturated heterocycles. The molecule has 16 heavy (non-hydrogen) atoms. The molecule has 2 rings (SSSR count). The number of nitrogens with zero attached hydrogens (tertiary/aromatic N) is 2. The Balaban J connectivity index is 2.08. The minimum absolute atomic E-state index is 0.0226. The zero-order valence-corrected chi connectivity index (χ0v) is 9.74. The van der Waals surface area contributed by atoms with Crippen LogP contribution in [0.25, 0.3) is 0 Å². The Morgan fingerprint density at radius 3 is 2.75 bits per heavy atom. The predicted octanol–water partition coefficient (Wildman–Crippen LogP) is 1.92. The molecule has 1 aromatic rings. The zero-order valence-electron chi connectivity index (χ0n) is 8.99. The molecule has 0 aromatic heterocycles. The van der Waals surface area contributed by atoms with E-state index in [9.17, 15) is 0 Å². The second-order valence-electron chi connectivity index (χ2n) is 4.11. The molecule has 0 aliphatic carbocycles. The lowest BCUT2D eigenvalue weighted by molar-refractivity contribution is 0.170. The minimum Gasteiger partial charge on any atom is -0.323 e. The van der Waals surface area contributed by atoms with Crippen LogP contribution in [0.15, 0.2) is 18.2 Å². The Bertz CT molecular complexity index is 421. The molecule has 0 amide bonds. The quantitative estimate of drug-likeness (QED) is 0.871. The van der Waals surface area contributed by atoms with Crippen molar-refractivity contribution in [2.45, 2.75) is 12.5 Å². The van der Waals surface area contributed by atoms with Crippen LogP contribution >= 0.6 is 11.6 Å². The van der Waals surface area contributed by atoms with Crippen LogP contribution in [0.3, 0.4) is 0 Å². The summed E-state index contributed by atoms with van der Waals surface area (Å²) in [6.45, 7) is 3.14. The molecule has 1 unspecified atom stereocenters. The van der Waals surface area contributed by atoms with Gasteiger partial charge in [0.25, 0.3) is 0 Å². The molecule has 1 aliphatic rings. The van der Waals surface area contributed by atoms with E-state index in [1.54, 1.807) is 12.1 Å². The molecule has 84 valence electrons. The van der Waals surface area contributed by atoms with Crippen LogP contribution in [0, 0.1) is 11.3 Å². The summed E-state index contributed by atoms with van der Waals surface area (Å²) in [5, 5.41) is 9.25. The second-order valence-corrected chi connectivity index (χ2v) is 4.52. The van der Waals surface area contributed by atoms with Gasteiger partial charge in [0.15, 0.2) is 0 Å². The van der Waals surface area contributed by atoms with Gasteiger partial charge in [0.05, 0.1) is 10.6 Å². The second kappa shape index (κ2) is 4.84. The summed E-state index contributed by atoms with van der Waals surface area (Å²) in [4.78, 5) is 2.32. The third-order valence-corrected chi connectivity index (χ3v) is 3.26. The number of likely N-dealkylation sites (tertiary alicyclic amines) is 1. The third-order valence-electron chi connectivity index (χ3n) is 2.95. The molecule has 1 fully saturated rings. The lowest BCUT2D eigenvalue weighted by atomic mass is 10.0. The summed E-state index contributed by atoms with van der Waals surface area (Å²) >= 11 is 5.97. The summed E-state index contributed by atoms with van der Waals surface area (Å²) in [7, 11) is 0. The molecular formula is C12H14ClN3. The van der Waals surface area contributed by atoms with E-state index in [1.165, 1.54) is 6.42 Å². The SMILES string of the molecule is N#Cc1ccc(C(N)CN2CCC2)cc1Cl. The minimum atomic E-state index is -0.0226. The van der Waals surface area contributed by atoms with Crippen molar-refractivity contribution < 1.29 is 0 Å². The highest BCUT2D eigenvalue weighted by atomic mass is 35.5. The van der Waals surface area contributed by atoms with E-state index in [0.717, 1.165) is 25.2 Å². The smallest absolute Gasteiger partial charge is 0.101 e. The monoisotopic (exact) mass is 235 g/mol. The molecule has 1 atom stereocenters. The molecule has 0 spiro atoms. The van der Waals surface area contributed by atoms with E-state index < -0.39 is 0 Å². The van der Waals surface area contributed by atoms with Gasteiger partial charge in [-0.05, 0) is 37.2 Å².